The molecule has 92 heavy (non-hydrogen) atoms. The summed E-state index contributed by atoms with van der Waals surface area (Å²) < 4.78 is 11.2. The van der Waals surface area contributed by atoms with Gasteiger partial charge in [0.25, 0.3) is 0 Å². The first kappa shape index (κ1) is 70.6. The fraction of sp³-hybridized carbons (Fsp3) is 0.676. The number of ether oxygens (including phenoxy) is 2. The molecule has 2 aromatic carbocycles. The molecule has 9 rings (SSSR count). The highest BCUT2D eigenvalue weighted by molar-refractivity contribution is 8.00. The van der Waals surface area contributed by atoms with Crippen molar-refractivity contribution in [2.45, 2.75) is 243 Å². The number of thioether (sulfide) groups is 2. The van der Waals surface area contributed by atoms with Crippen molar-refractivity contribution in [1.82, 2.24) is 51.5 Å². The maximum atomic E-state index is 15.1. The monoisotopic (exact) mass is 1340 g/mol. The fourth-order valence-electron chi connectivity index (χ4n) is 14.5. The lowest BCUT2D eigenvalue weighted by atomic mass is 9.77. The van der Waals surface area contributed by atoms with Crippen LogP contribution in [0.4, 0.5) is 9.59 Å². The number of nitrogens with zero attached hydrogens (tertiary/aromatic N) is 4. The Bertz CT molecular complexity index is 2960. The minimum atomic E-state index is -0.848. The lowest BCUT2D eigenvalue weighted by Crippen LogP contribution is -2.59. The van der Waals surface area contributed by atoms with Crippen molar-refractivity contribution in [3.63, 3.8) is 0 Å². The molecule has 4 heterocycles. The molecule has 6 N–H and O–H groups in total. The average Bonchev–Trinajstić information content (AvgIpc) is 1.56. The van der Waals surface area contributed by atoms with E-state index in [2.05, 4.69) is 31.9 Å². The molecule has 2 aromatic rings. The minimum Gasteiger partial charge on any atom is -0.444 e. The zero-order valence-corrected chi connectivity index (χ0v) is 59.4. The summed E-state index contributed by atoms with van der Waals surface area (Å²) in [6.07, 6.45) is 5.83. The predicted octanol–water partition coefficient (Wildman–Crippen LogP) is 8.63. The van der Waals surface area contributed by atoms with Crippen molar-refractivity contribution < 1.29 is 47.8 Å². The van der Waals surface area contributed by atoms with E-state index in [-0.39, 0.29) is 58.3 Å². The summed E-state index contributed by atoms with van der Waals surface area (Å²) in [5, 5.41) is 19.5. The molecule has 3 aliphatic carbocycles. The van der Waals surface area contributed by atoms with Crippen LogP contribution < -0.4 is 31.9 Å². The van der Waals surface area contributed by atoms with Crippen LogP contribution >= 0.6 is 48.0 Å². The first-order valence-corrected chi connectivity index (χ1v) is 35.8. The molecule has 5 fully saturated rings. The molecule has 20 nitrogen and oxygen atoms in total. The van der Waals surface area contributed by atoms with Gasteiger partial charge in [-0.2, -0.15) is 0 Å². The van der Waals surface area contributed by atoms with Crippen molar-refractivity contribution >= 4 is 106 Å². The number of aryl methyl sites for hydroxylation is 2. The second-order valence-electron chi connectivity index (χ2n) is 29.8. The van der Waals surface area contributed by atoms with E-state index in [0.29, 0.717) is 98.5 Å². The van der Waals surface area contributed by atoms with E-state index >= 15 is 9.59 Å². The predicted molar refractivity (Wildman–Crippen MR) is 366 cm³/mol. The summed E-state index contributed by atoms with van der Waals surface area (Å²) >= 11 is 14.9. The maximum absolute atomic E-state index is 15.1. The fourth-order valence-corrected chi connectivity index (χ4v) is 18.3. The van der Waals surface area contributed by atoms with E-state index in [0.717, 1.165) is 22.3 Å². The van der Waals surface area contributed by atoms with Gasteiger partial charge in [-0.3, -0.25) is 28.8 Å². The Hall–Kier alpha value is -5.72. The third-order valence-corrected chi connectivity index (χ3v) is 23.2. The molecule has 0 aromatic heterocycles. The highest BCUT2D eigenvalue weighted by atomic mass is 32.2. The second kappa shape index (κ2) is 28.3. The Kier molecular flexibility index (Phi) is 21.7. The van der Waals surface area contributed by atoms with Gasteiger partial charge in [0.15, 0.2) is 0 Å². The lowest BCUT2D eigenvalue weighted by molar-refractivity contribution is -0.143. The van der Waals surface area contributed by atoms with E-state index in [9.17, 15) is 28.8 Å². The molecule has 24 heteroatoms. The Morgan fingerprint density at radius 2 is 0.880 bits per heavy atom. The highest BCUT2D eigenvalue weighted by Crippen LogP contribution is 2.49. The van der Waals surface area contributed by atoms with Crippen LogP contribution in [-0.4, -0.2) is 173 Å². The number of fused-ring (bicyclic) bond motifs is 4. The van der Waals surface area contributed by atoms with E-state index < -0.39 is 94.4 Å². The van der Waals surface area contributed by atoms with Crippen LogP contribution in [0.15, 0.2) is 48.5 Å². The van der Waals surface area contributed by atoms with E-state index in [1.54, 1.807) is 103 Å². The maximum Gasteiger partial charge on any atom is 0.410 e. The Balaban J connectivity index is 0.833. The molecule has 4 saturated heterocycles. The van der Waals surface area contributed by atoms with E-state index in [1.807, 2.05) is 76.2 Å². The van der Waals surface area contributed by atoms with Crippen molar-refractivity contribution in [2.24, 2.45) is 22.7 Å². The molecular weight excluding hydrogens is 1250 g/mol. The molecule has 0 radical (unpaired) electrons. The largest absolute Gasteiger partial charge is 0.444 e. The quantitative estimate of drug-likeness (QED) is 0.0970. The Labute approximate surface area is 563 Å². The molecule has 1 saturated carbocycles. The van der Waals surface area contributed by atoms with Gasteiger partial charge in [-0.25, -0.2) is 9.59 Å². The van der Waals surface area contributed by atoms with Crippen LogP contribution in [0, 0.1) is 22.7 Å². The second-order valence-corrected chi connectivity index (χ2v) is 33.2. The summed E-state index contributed by atoms with van der Waals surface area (Å²) in [7, 11) is 3.22. The first-order valence-electron chi connectivity index (χ1n) is 32.9. The zero-order chi connectivity index (χ0) is 67.1. The number of likely N-dealkylation sites (N-methyl/N-ethyl adjacent to an activating group) is 2. The van der Waals surface area contributed by atoms with Crippen LogP contribution in [-0.2, 0) is 51.1 Å². The molecule has 4 aliphatic heterocycles. The zero-order valence-electron chi connectivity index (χ0n) is 56.1. The number of hydrogen-bond acceptors (Lipinski definition) is 14. The Morgan fingerprint density at radius 3 is 1.23 bits per heavy atom. The normalized spacial score (nSPS) is 28.9. The number of hydrogen-bond donors (Lipinski definition) is 6. The van der Waals surface area contributed by atoms with E-state index in [4.69, 9.17) is 33.9 Å². The smallest absolute Gasteiger partial charge is 0.410 e. The summed E-state index contributed by atoms with van der Waals surface area (Å²) in [5.74, 6) is -1.33. The topological polar surface area (TPSA) is 240 Å². The Morgan fingerprint density at radius 1 is 0.533 bits per heavy atom. The lowest BCUT2D eigenvalue weighted by Gasteiger charge is -2.39. The number of carbonyl (C=O) groups is 8. The molecular formula is C68H98N10O10S4. The summed E-state index contributed by atoms with van der Waals surface area (Å²) in [6, 6.07) is 9.83. The van der Waals surface area contributed by atoms with Gasteiger partial charge in [-0.15, -0.1) is 23.5 Å². The van der Waals surface area contributed by atoms with Crippen LogP contribution in [0.25, 0.3) is 0 Å². The van der Waals surface area contributed by atoms with E-state index in [1.165, 1.54) is 9.80 Å². The van der Waals surface area contributed by atoms with Gasteiger partial charge >= 0.3 is 12.2 Å². The molecule has 8 amide bonds. The van der Waals surface area contributed by atoms with Gasteiger partial charge in [0.05, 0.1) is 56.7 Å². The molecule has 0 unspecified atom stereocenters. The summed E-state index contributed by atoms with van der Waals surface area (Å²) in [4.78, 5) is 122. The molecule has 7 aliphatic rings. The number of benzene rings is 2. The van der Waals surface area contributed by atoms with Gasteiger partial charge < -0.3 is 61.0 Å². The van der Waals surface area contributed by atoms with Crippen LogP contribution in [0.3, 0.4) is 0 Å². The number of nitrogens with one attached hydrogen (secondary N) is 6. The third kappa shape index (κ3) is 15.8. The van der Waals surface area contributed by atoms with Gasteiger partial charge in [0.2, 0.25) is 35.4 Å². The standard InChI is InChI=1S/C68H98N10O10S4/c1-37(75(13)63(85)87-65(3,4)5)59(89)71-47-31-33-91-49-35-67(9,10)53(77(49)61(47)83)57(81)73-51-43-21-17-15-19-39(43)23-29-45(51)55(79)69-41-25-27-42(28-26-41)70-56(80)46-30-24-40-20-16-18-22-44(40)52(46)74-58(82)54-68(11,12)36-50-78(54)62(84)48(32-34-92-50)72-60(90)38(2)76(14)64(86)88-66(6,7)8/h15-22,37-38,41-42,45-54H,23-36H2,1-14H3,(H,69,79)(H,70,80)(H,71,89)(H,72,90)(H,73,81)(H,74,82)/t37-,38-,41?,42?,45+,46+,47-,48-,49-,50-,51-,52-,53+,54+/m0/s1. The number of amides is 8. The number of rotatable bonds is 14. The third-order valence-electron chi connectivity index (χ3n) is 19.7. The SMILES string of the molecule is C[C@@H](C(=S)N[C@H]1CCS[C@H]2CC(C)(C)[C@@H](C(=O)N[C@H]3c4ccccc4CC[C@H]3C(=O)NC3CCC(NC(=O)[C@@H]4CCc5ccccc5[C@@H]4NC(=O)[C@H]4N5C(=O)[C@@H](NC(=S)[C@H](C)N(C)C(=O)OC(C)(C)C)CCS[C@H]5CC4(C)C)CC3)N2C1=O)N(C)C(=O)OC(C)(C)C. The minimum absolute atomic E-state index is 0.157. The van der Waals surface area contributed by atoms with Gasteiger partial charge in [-0.1, -0.05) is 101 Å². The molecule has 0 bridgehead atoms. The number of thiocarbonyl (C=S) groups is 2. The highest BCUT2D eigenvalue weighted by Gasteiger charge is 2.57. The van der Waals surface area contributed by atoms with Crippen molar-refractivity contribution in [2.75, 3.05) is 25.6 Å². The van der Waals surface area contributed by atoms with Crippen LogP contribution in [0.5, 0.6) is 0 Å². The molecule has 0 spiro atoms. The van der Waals surface area contributed by atoms with Crippen molar-refractivity contribution in [1.29, 1.82) is 0 Å². The van der Waals surface area contributed by atoms with Crippen molar-refractivity contribution in [3.05, 3.63) is 70.8 Å². The number of carbonyl (C=O) groups excluding carboxylic acids is 8. The van der Waals surface area contributed by atoms with Gasteiger partial charge in [-0.05, 0) is 177 Å². The van der Waals surface area contributed by atoms with Crippen LogP contribution in [0.2, 0.25) is 0 Å². The molecule has 12 atom stereocenters. The summed E-state index contributed by atoms with van der Waals surface area (Å²) in [5.41, 5.74) is 1.22. The summed E-state index contributed by atoms with van der Waals surface area (Å²) in [6.45, 7) is 22.4. The first-order chi connectivity index (χ1) is 43.1. The average molecular weight is 1340 g/mol. The van der Waals surface area contributed by atoms with Crippen molar-refractivity contribution in [3.8, 4) is 0 Å². The van der Waals surface area contributed by atoms with Gasteiger partial charge in [0.1, 0.15) is 35.4 Å². The van der Waals surface area contributed by atoms with Crippen LogP contribution in [0.1, 0.15) is 182 Å². The van der Waals surface area contributed by atoms with Gasteiger partial charge in [0, 0.05) is 26.2 Å². The molecule has 504 valence electrons.